The highest BCUT2D eigenvalue weighted by atomic mass is 16.5. The lowest BCUT2D eigenvalue weighted by Gasteiger charge is -2.27. The molecule has 8 heteroatoms. The maximum absolute atomic E-state index is 13.2. The fourth-order valence-corrected chi connectivity index (χ4v) is 3.91. The van der Waals surface area contributed by atoms with Crippen LogP contribution in [0.1, 0.15) is 41.3 Å². The van der Waals surface area contributed by atoms with Crippen LogP contribution >= 0.6 is 0 Å². The molecule has 3 aromatic rings. The molecule has 0 bridgehead atoms. The number of aromatic nitrogens is 2. The van der Waals surface area contributed by atoms with Crippen LogP contribution in [0.25, 0.3) is 0 Å². The normalized spacial score (nSPS) is 16.1. The Morgan fingerprint density at radius 1 is 1.19 bits per heavy atom. The molecule has 0 radical (unpaired) electrons. The molecule has 1 amide bonds. The zero-order valence-corrected chi connectivity index (χ0v) is 18.0. The summed E-state index contributed by atoms with van der Waals surface area (Å²) in [5.74, 6) is -0.248. The number of carbonyl (C=O) groups is 2. The third kappa shape index (κ3) is 4.16. The quantitative estimate of drug-likeness (QED) is 0.513. The van der Waals surface area contributed by atoms with Crippen molar-refractivity contribution in [1.29, 1.82) is 0 Å². The standard InChI is InChI=1S/C24H25N3O5/c1-3-31-18-8-6-17(7-9-18)21-20(22(28)19-10-5-16(2)32-19)23(29)24(30)27(21)13-4-12-26-14-11-25-15-26/h5-11,14-15,21,29H,3-4,12-13H2,1-2H3. The van der Waals surface area contributed by atoms with E-state index in [1.165, 1.54) is 4.90 Å². The Bertz CT molecular complexity index is 1130. The van der Waals surface area contributed by atoms with Crippen molar-refractivity contribution < 1.29 is 23.8 Å². The predicted octanol–water partition coefficient (Wildman–Crippen LogP) is 3.85. The van der Waals surface area contributed by atoms with E-state index in [0.29, 0.717) is 43.2 Å². The number of benzene rings is 1. The number of rotatable bonds is 9. The van der Waals surface area contributed by atoms with E-state index in [2.05, 4.69) is 4.98 Å². The van der Waals surface area contributed by atoms with Crippen LogP contribution in [0, 0.1) is 6.92 Å². The van der Waals surface area contributed by atoms with Gasteiger partial charge in [0.25, 0.3) is 5.91 Å². The maximum Gasteiger partial charge on any atom is 0.290 e. The first-order valence-corrected chi connectivity index (χ1v) is 10.5. The molecule has 0 fully saturated rings. The van der Waals surface area contributed by atoms with Crippen LogP contribution in [-0.2, 0) is 11.3 Å². The molecule has 2 aromatic heterocycles. The Labute approximate surface area is 185 Å². The average Bonchev–Trinajstić information content (AvgIpc) is 3.51. The largest absolute Gasteiger partial charge is 0.503 e. The summed E-state index contributed by atoms with van der Waals surface area (Å²) in [4.78, 5) is 31.8. The second-order valence-corrected chi connectivity index (χ2v) is 7.56. The smallest absolute Gasteiger partial charge is 0.290 e. The molecule has 0 aliphatic carbocycles. The summed E-state index contributed by atoms with van der Waals surface area (Å²) in [6, 6.07) is 9.72. The zero-order valence-electron chi connectivity index (χ0n) is 18.0. The minimum absolute atomic E-state index is 0.0242. The summed E-state index contributed by atoms with van der Waals surface area (Å²) in [6.07, 6.45) is 5.88. The molecule has 1 N–H and O–H groups in total. The van der Waals surface area contributed by atoms with E-state index in [9.17, 15) is 14.7 Å². The van der Waals surface area contributed by atoms with E-state index in [0.717, 1.165) is 0 Å². The summed E-state index contributed by atoms with van der Waals surface area (Å²) < 4.78 is 12.9. The predicted molar refractivity (Wildman–Crippen MR) is 116 cm³/mol. The minimum atomic E-state index is -0.723. The first-order valence-electron chi connectivity index (χ1n) is 10.5. The molecule has 1 aliphatic rings. The number of hydrogen-bond acceptors (Lipinski definition) is 6. The van der Waals surface area contributed by atoms with Crippen molar-refractivity contribution in [2.45, 2.75) is 32.9 Å². The molecule has 4 rings (SSSR count). The van der Waals surface area contributed by atoms with Crippen molar-refractivity contribution in [2.75, 3.05) is 13.2 Å². The highest BCUT2D eigenvalue weighted by molar-refractivity contribution is 6.15. The molecule has 1 atom stereocenters. The molecule has 166 valence electrons. The molecule has 1 aromatic carbocycles. The fourth-order valence-electron chi connectivity index (χ4n) is 3.91. The van der Waals surface area contributed by atoms with Gasteiger partial charge in [0.2, 0.25) is 5.78 Å². The molecule has 0 saturated heterocycles. The molecule has 3 heterocycles. The molecule has 32 heavy (non-hydrogen) atoms. The number of amides is 1. The van der Waals surface area contributed by atoms with Gasteiger partial charge >= 0.3 is 0 Å². The molecule has 8 nitrogen and oxygen atoms in total. The number of Topliss-reactive ketones (excluding diaryl/α,β-unsaturated/α-hetero) is 1. The van der Waals surface area contributed by atoms with Gasteiger partial charge in [-0.3, -0.25) is 9.59 Å². The molecular weight excluding hydrogens is 410 g/mol. The van der Waals surface area contributed by atoms with Crippen LogP contribution in [0.3, 0.4) is 0 Å². The van der Waals surface area contributed by atoms with Crippen molar-refractivity contribution in [1.82, 2.24) is 14.5 Å². The number of furan rings is 1. The number of ether oxygens (including phenoxy) is 1. The number of ketones is 1. The second kappa shape index (κ2) is 9.13. The number of aliphatic hydroxyl groups excluding tert-OH is 1. The lowest BCUT2D eigenvalue weighted by Crippen LogP contribution is -2.32. The van der Waals surface area contributed by atoms with Crippen LogP contribution in [0.5, 0.6) is 5.75 Å². The van der Waals surface area contributed by atoms with Crippen LogP contribution in [-0.4, -0.2) is 44.4 Å². The van der Waals surface area contributed by atoms with Crippen molar-refractivity contribution in [2.24, 2.45) is 0 Å². The summed E-state index contributed by atoms with van der Waals surface area (Å²) in [6.45, 7) is 5.17. The monoisotopic (exact) mass is 435 g/mol. The van der Waals surface area contributed by atoms with Gasteiger partial charge in [-0.25, -0.2) is 4.98 Å². The Morgan fingerprint density at radius 2 is 1.97 bits per heavy atom. The van der Waals surface area contributed by atoms with Crippen molar-refractivity contribution >= 4 is 11.7 Å². The van der Waals surface area contributed by atoms with Crippen molar-refractivity contribution in [3.63, 3.8) is 0 Å². The van der Waals surface area contributed by atoms with Gasteiger partial charge in [0.1, 0.15) is 11.5 Å². The minimum Gasteiger partial charge on any atom is -0.503 e. The van der Waals surface area contributed by atoms with E-state index < -0.39 is 23.5 Å². The van der Waals surface area contributed by atoms with Crippen LogP contribution < -0.4 is 4.74 Å². The average molecular weight is 435 g/mol. The van der Waals surface area contributed by atoms with Gasteiger partial charge in [0.15, 0.2) is 11.5 Å². The first-order chi connectivity index (χ1) is 15.5. The highest BCUT2D eigenvalue weighted by Crippen LogP contribution is 2.39. The zero-order chi connectivity index (χ0) is 22.7. The van der Waals surface area contributed by atoms with E-state index in [1.54, 1.807) is 43.7 Å². The van der Waals surface area contributed by atoms with Gasteiger partial charge in [-0.15, -0.1) is 0 Å². The topological polar surface area (TPSA) is 97.8 Å². The van der Waals surface area contributed by atoms with E-state index in [4.69, 9.17) is 9.15 Å². The summed E-state index contributed by atoms with van der Waals surface area (Å²) in [5, 5.41) is 10.7. The molecule has 1 aliphatic heterocycles. The van der Waals surface area contributed by atoms with Crippen LogP contribution in [0.15, 0.2) is 70.9 Å². The summed E-state index contributed by atoms with van der Waals surface area (Å²) in [5.41, 5.74) is 0.733. The van der Waals surface area contributed by atoms with E-state index in [-0.39, 0.29) is 11.3 Å². The van der Waals surface area contributed by atoms with Crippen LogP contribution in [0.2, 0.25) is 0 Å². The van der Waals surface area contributed by atoms with Gasteiger partial charge in [-0.1, -0.05) is 12.1 Å². The third-order valence-corrected chi connectivity index (χ3v) is 5.39. The molecule has 0 spiro atoms. The number of carbonyl (C=O) groups excluding carboxylic acids is 2. The van der Waals surface area contributed by atoms with E-state index in [1.807, 2.05) is 29.8 Å². The van der Waals surface area contributed by atoms with Gasteiger partial charge in [0.05, 0.1) is 24.5 Å². The lowest BCUT2D eigenvalue weighted by atomic mass is 9.95. The summed E-state index contributed by atoms with van der Waals surface area (Å²) >= 11 is 0. The number of imidazole rings is 1. The van der Waals surface area contributed by atoms with Gasteiger partial charge < -0.3 is 23.7 Å². The Balaban J connectivity index is 1.66. The van der Waals surface area contributed by atoms with E-state index >= 15 is 0 Å². The first kappa shape index (κ1) is 21.4. The third-order valence-electron chi connectivity index (χ3n) is 5.39. The number of aryl methyl sites for hydroxylation is 2. The molecular formula is C24H25N3O5. The van der Waals surface area contributed by atoms with Crippen LogP contribution in [0.4, 0.5) is 0 Å². The Hall–Kier alpha value is -3.81. The van der Waals surface area contributed by atoms with Gasteiger partial charge in [0, 0.05) is 25.5 Å². The number of aliphatic hydroxyl groups is 1. The van der Waals surface area contributed by atoms with Crippen molar-refractivity contribution in [3.8, 4) is 5.75 Å². The SMILES string of the molecule is CCOc1ccc(C2C(C(=O)c3ccc(C)o3)=C(O)C(=O)N2CCCn2ccnc2)cc1. The Morgan fingerprint density at radius 3 is 2.59 bits per heavy atom. The lowest BCUT2D eigenvalue weighted by molar-refractivity contribution is -0.129. The molecule has 1 unspecified atom stereocenters. The number of hydrogen-bond donors (Lipinski definition) is 1. The maximum atomic E-state index is 13.2. The Kier molecular flexibility index (Phi) is 6.11. The van der Waals surface area contributed by atoms with Crippen molar-refractivity contribution in [3.05, 3.63) is 83.5 Å². The second-order valence-electron chi connectivity index (χ2n) is 7.56. The summed E-state index contributed by atoms with van der Waals surface area (Å²) in [7, 11) is 0. The number of nitrogens with zero attached hydrogens (tertiary/aromatic N) is 3. The highest BCUT2D eigenvalue weighted by Gasteiger charge is 2.44. The van der Waals surface area contributed by atoms with Gasteiger partial charge in [-0.05, 0) is 50.1 Å². The molecule has 0 saturated carbocycles. The van der Waals surface area contributed by atoms with Gasteiger partial charge in [-0.2, -0.15) is 0 Å². The fraction of sp³-hybridized carbons (Fsp3) is 0.292.